The minimum Gasteiger partial charge on any atom is -0.382 e. The van der Waals surface area contributed by atoms with Gasteiger partial charge in [-0.05, 0) is 38.0 Å². The predicted octanol–water partition coefficient (Wildman–Crippen LogP) is 1.91. The Morgan fingerprint density at radius 1 is 1.57 bits per heavy atom. The molecular formula is C16H24N2O3. The van der Waals surface area contributed by atoms with Crippen molar-refractivity contribution in [1.82, 2.24) is 9.88 Å². The average molecular weight is 292 g/mol. The van der Waals surface area contributed by atoms with Crippen LogP contribution >= 0.6 is 0 Å². The van der Waals surface area contributed by atoms with Crippen molar-refractivity contribution in [2.24, 2.45) is 0 Å². The number of carbonyl (C=O) groups excluding carboxylic acids is 1. The number of morpholine rings is 1. The molecule has 116 valence electrons. The van der Waals surface area contributed by atoms with Crippen molar-refractivity contribution >= 4 is 5.91 Å². The summed E-state index contributed by atoms with van der Waals surface area (Å²) in [6.45, 7) is 7.62. The molecule has 0 aliphatic carbocycles. The van der Waals surface area contributed by atoms with Gasteiger partial charge in [-0.3, -0.25) is 9.78 Å². The van der Waals surface area contributed by atoms with Gasteiger partial charge < -0.3 is 14.4 Å². The Morgan fingerprint density at radius 2 is 2.33 bits per heavy atom. The van der Waals surface area contributed by atoms with Crippen LogP contribution in [0.2, 0.25) is 0 Å². The SMILES string of the molecule is CCc1ccnc(C(=O)N2C[C@H](COC)OC(C)(C)C2)c1. The van der Waals surface area contributed by atoms with Crippen molar-refractivity contribution < 1.29 is 14.3 Å². The van der Waals surface area contributed by atoms with Crippen LogP contribution in [-0.2, 0) is 15.9 Å². The second kappa shape index (κ2) is 6.54. The van der Waals surface area contributed by atoms with Crippen LogP contribution < -0.4 is 0 Å². The van der Waals surface area contributed by atoms with Crippen LogP contribution in [0.25, 0.3) is 0 Å². The third kappa shape index (κ3) is 4.02. The van der Waals surface area contributed by atoms with Crippen molar-refractivity contribution in [2.45, 2.75) is 38.9 Å². The van der Waals surface area contributed by atoms with Crippen molar-refractivity contribution in [3.8, 4) is 0 Å². The van der Waals surface area contributed by atoms with Crippen molar-refractivity contribution in [3.05, 3.63) is 29.6 Å². The van der Waals surface area contributed by atoms with Crippen LogP contribution in [0, 0.1) is 0 Å². The van der Waals surface area contributed by atoms with Gasteiger partial charge in [0.2, 0.25) is 0 Å². The van der Waals surface area contributed by atoms with Crippen molar-refractivity contribution in [2.75, 3.05) is 26.8 Å². The molecule has 2 heterocycles. The van der Waals surface area contributed by atoms with Crippen molar-refractivity contribution in [1.29, 1.82) is 0 Å². The maximum atomic E-state index is 12.7. The first-order valence-electron chi connectivity index (χ1n) is 7.36. The van der Waals surface area contributed by atoms with E-state index in [9.17, 15) is 4.79 Å². The Bertz CT molecular complexity index is 502. The smallest absolute Gasteiger partial charge is 0.272 e. The Balaban J connectivity index is 2.16. The van der Waals surface area contributed by atoms with Crippen LogP contribution in [0.3, 0.4) is 0 Å². The van der Waals surface area contributed by atoms with E-state index in [1.165, 1.54) is 0 Å². The molecule has 0 bridgehead atoms. The first kappa shape index (κ1) is 15.9. The van der Waals surface area contributed by atoms with E-state index in [1.54, 1.807) is 13.3 Å². The minimum atomic E-state index is -0.376. The summed E-state index contributed by atoms with van der Waals surface area (Å²) in [5, 5.41) is 0. The third-order valence-corrected chi connectivity index (χ3v) is 3.57. The Hall–Kier alpha value is -1.46. The van der Waals surface area contributed by atoms with Gasteiger partial charge in [0.15, 0.2) is 0 Å². The van der Waals surface area contributed by atoms with E-state index < -0.39 is 0 Å². The monoisotopic (exact) mass is 292 g/mol. The zero-order chi connectivity index (χ0) is 15.5. The number of carbonyl (C=O) groups is 1. The molecule has 1 saturated heterocycles. The van der Waals surface area contributed by atoms with Crippen molar-refractivity contribution in [3.63, 3.8) is 0 Å². The molecule has 0 aromatic carbocycles. The van der Waals surface area contributed by atoms with Gasteiger partial charge in [-0.1, -0.05) is 6.92 Å². The second-order valence-electron chi connectivity index (χ2n) is 6.04. The number of amides is 1. The van der Waals surface area contributed by atoms with Crippen LogP contribution in [0.5, 0.6) is 0 Å². The molecule has 0 spiro atoms. The molecule has 0 N–H and O–H groups in total. The molecule has 5 heteroatoms. The van der Waals surface area contributed by atoms with Gasteiger partial charge in [0.1, 0.15) is 5.69 Å². The van der Waals surface area contributed by atoms with Gasteiger partial charge in [-0.15, -0.1) is 0 Å². The fourth-order valence-corrected chi connectivity index (χ4v) is 2.70. The number of aryl methyl sites for hydroxylation is 1. The maximum absolute atomic E-state index is 12.7. The number of hydrogen-bond acceptors (Lipinski definition) is 4. The lowest BCUT2D eigenvalue weighted by molar-refractivity contribution is -0.143. The van der Waals surface area contributed by atoms with E-state index in [1.807, 2.05) is 30.9 Å². The summed E-state index contributed by atoms with van der Waals surface area (Å²) in [4.78, 5) is 18.7. The van der Waals surface area contributed by atoms with E-state index in [0.717, 1.165) is 12.0 Å². The molecule has 5 nitrogen and oxygen atoms in total. The molecule has 1 aliphatic rings. The number of rotatable bonds is 4. The van der Waals surface area contributed by atoms with Gasteiger partial charge in [-0.25, -0.2) is 0 Å². The van der Waals surface area contributed by atoms with Gasteiger partial charge in [0.25, 0.3) is 5.91 Å². The van der Waals surface area contributed by atoms with E-state index in [0.29, 0.717) is 25.4 Å². The fourth-order valence-electron chi connectivity index (χ4n) is 2.70. The first-order valence-corrected chi connectivity index (χ1v) is 7.36. The van der Waals surface area contributed by atoms with E-state index >= 15 is 0 Å². The Labute approximate surface area is 126 Å². The molecule has 0 unspecified atom stereocenters. The highest BCUT2D eigenvalue weighted by Crippen LogP contribution is 2.22. The normalized spacial score (nSPS) is 21.3. The number of hydrogen-bond donors (Lipinski definition) is 0. The number of ether oxygens (including phenoxy) is 2. The van der Waals surface area contributed by atoms with Gasteiger partial charge in [-0.2, -0.15) is 0 Å². The number of nitrogens with zero attached hydrogens (tertiary/aromatic N) is 2. The molecule has 21 heavy (non-hydrogen) atoms. The summed E-state index contributed by atoms with van der Waals surface area (Å²) in [7, 11) is 1.64. The maximum Gasteiger partial charge on any atom is 0.272 e. The van der Waals surface area contributed by atoms with Gasteiger partial charge in [0, 0.05) is 26.4 Å². The van der Waals surface area contributed by atoms with Gasteiger partial charge in [0.05, 0.1) is 18.3 Å². The highest BCUT2D eigenvalue weighted by molar-refractivity contribution is 5.92. The molecule has 2 rings (SSSR count). The topological polar surface area (TPSA) is 51.7 Å². The van der Waals surface area contributed by atoms with Crippen LogP contribution in [-0.4, -0.2) is 54.3 Å². The summed E-state index contributed by atoms with van der Waals surface area (Å²) >= 11 is 0. The van der Waals surface area contributed by atoms with Crippen LogP contribution in [0.1, 0.15) is 36.8 Å². The molecule has 1 aromatic rings. The summed E-state index contributed by atoms with van der Waals surface area (Å²) in [5.74, 6) is -0.0391. The van der Waals surface area contributed by atoms with Gasteiger partial charge >= 0.3 is 0 Å². The molecule has 0 radical (unpaired) electrons. The van der Waals surface area contributed by atoms with Crippen LogP contribution in [0.4, 0.5) is 0 Å². The molecule has 1 atom stereocenters. The molecule has 1 amide bonds. The minimum absolute atomic E-state index is 0.0391. The van der Waals surface area contributed by atoms with Crippen LogP contribution in [0.15, 0.2) is 18.3 Å². The second-order valence-corrected chi connectivity index (χ2v) is 6.04. The molecule has 1 fully saturated rings. The number of aromatic nitrogens is 1. The number of methoxy groups -OCH3 is 1. The Morgan fingerprint density at radius 3 is 3.00 bits per heavy atom. The zero-order valence-electron chi connectivity index (χ0n) is 13.3. The summed E-state index contributed by atoms with van der Waals surface area (Å²) in [6, 6.07) is 3.81. The highest BCUT2D eigenvalue weighted by atomic mass is 16.5. The summed E-state index contributed by atoms with van der Waals surface area (Å²) in [6.07, 6.45) is 2.49. The van der Waals surface area contributed by atoms with E-state index in [2.05, 4.69) is 11.9 Å². The standard InChI is InChI=1S/C16H24N2O3/c1-5-12-6-7-17-14(8-12)15(19)18-9-13(10-20-4)21-16(2,3)11-18/h6-8,13H,5,9-11H2,1-4H3/t13-/m1/s1. The lowest BCUT2D eigenvalue weighted by atomic mass is 10.0. The Kier molecular flexibility index (Phi) is 4.96. The third-order valence-electron chi connectivity index (χ3n) is 3.57. The van der Waals surface area contributed by atoms with E-state index in [-0.39, 0.29) is 17.6 Å². The largest absolute Gasteiger partial charge is 0.382 e. The zero-order valence-corrected chi connectivity index (χ0v) is 13.3. The average Bonchev–Trinajstić information content (AvgIpc) is 2.45. The molecular weight excluding hydrogens is 268 g/mol. The van der Waals surface area contributed by atoms with E-state index in [4.69, 9.17) is 9.47 Å². The fraction of sp³-hybridized carbons (Fsp3) is 0.625. The lowest BCUT2D eigenvalue weighted by Gasteiger charge is -2.42. The lowest BCUT2D eigenvalue weighted by Crippen LogP contribution is -2.55. The number of pyridine rings is 1. The molecule has 1 aliphatic heterocycles. The summed E-state index contributed by atoms with van der Waals surface area (Å²) < 4.78 is 11.1. The first-order chi connectivity index (χ1) is 9.95. The highest BCUT2D eigenvalue weighted by Gasteiger charge is 2.36. The molecule has 1 aromatic heterocycles. The summed E-state index contributed by atoms with van der Waals surface area (Å²) in [5.41, 5.74) is 1.25. The molecule has 0 saturated carbocycles. The quantitative estimate of drug-likeness (QED) is 0.850. The predicted molar refractivity (Wildman–Crippen MR) is 80.3 cm³/mol.